The van der Waals surface area contributed by atoms with Gasteiger partial charge in [0.15, 0.2) is 6.10 Å². The molecule has 17 heavy (non-hydrogen) atoms. The van der Waals surface area contributed by atoms with Crippen molar-refractivity contribution in [2.24, 2.45) is 0 Å². The normalized spacial score (nSPS) is 22.8. The lowest BCUT2D eigenvalue weighted by Gasteiger charge is -2.13. The SMILES string of the molecule is COC(=O)[C@@H]1OC(=O)O[C@H]1c1ccc(F)cc1. The molecule has 2 rings (SSSR count). The Kier molecular flexibility index (Phi) is 2.95. The van der Waals surface area contributed by atoms with Gasteiger partial charge >= 0.3 is 12.1 Å². The van der Waals surface area contributed by atoms with Crippen LogP contribution in [0.5, 0.6) is 0 Å². The smallest absolute Gasteiger partial charge is 0.466 e. The van der Waals surface area contributed by atoms with Crippen LogP contribution in [0.4, 0.5) is 9.18 Å². The molecule has 1 fully saturated rings. The highest BCUT2D eigenvalue weighted by Gasteiger charge is 2.43. The average molecular weight is 240 g/mol. The van der Waals surface area contributed by atoms with E-state index in [0.717, 1.165) is 0 Å². The van der Waals surface area contributed by atoms with Crippen LogP contribution >= 0.6 is 0 Å². The van der Waals surface area contributed by atoms with Crippen molar-refractivity contribution in [1.29, 1.82) is 0 Å². The van der Waals surface area contributed by atoms with E-state index in [4.69, 9.17) is 4.74 Å². The Labute approximate surface area is 96.1 Å². The Morgan fingerprint density at radius 3 is 2.53 bits per heavy atom. The maximum absolute atomic E-state index is 12.7. The third-order valence-electron chi connectivity index (χ3n) is 2.35. The first kappa shape index (κ1) is 11.4. The fraction of sp³-hybridized carbons (Fsp3) is 0.273. The van der Waals surface area contributed by atoms with Gasteiger partial charge in [-0.2, -0.15) is 0 Å². The first-order valence-electron chi connectivity index (χ1n) is 4.82. The van der Waals surface area contributed by atoms with Gasteiger partial charge in [-0.1, -0.05) is 12.1 Å². The molecule has 0 aliphatic carbocycles. The molecule has 5 nitrogen and oxygen atoms in total. The van der Waals surface area contributed by atoms with Crippen molar-refractivity contribution in [3.05, 3.63) is 35.6 Å². The van der Waals surface area contributed by atoms with E-state index in [9.17, 15) is 14.0 Å². The van der Waals surface area contributed by atoms with Crippen LogP contribution in [0.25, 0.3) is 0 Å². The van der Waals surface area contributed by atoms with Crippen LogP contribution in [0.2, 0.25) is 0 Å². The highest BCUT2D eigenvalue weighted by Crippen LogP contribution is 2.30. The summed E-state index contributed by atoms with van der Waals surface area (Å²) < 4.78 is 26.7. The molecule has 90 valence electrons. The zero-order valence-electron chi connectivity index (χ0n) is 8.88. The molecule has 0 spiro atoms. The molecule has 2 atom stereocenters. The number of carbonyl (C=O) groups is 2. The number of hydrogen-bond acceptors (Lipinski definition) is 5. The minimum absolute atomic E-state index is 0.423. The van der Waals surface area contributed by atoms with Crippen molar-refractivity contribution in [1.82, 2.24) is 0 Å². The molecule has 1 aromatic carbocycles. The summed E-state index contributed by atoms with van der Waals surface area (Å²) in [5.74, 6) is -1.14. The molecule has 1 aliphatic heterocycles. The molecule has 1 saturated heterocycles. The summed E-state index contributed by atoms with van der Waals surface area (Å²) in [5.41, 5.74) is 0.465. The third-order valence-corrected chi connectivity index (χ3v) is 2.35. The van der Waals surface area contributed by atoms with Crippen molar-refractivity contribution < 1.29 is 28.2 Å². The van der Waals surface area contributed by atoms with Crippen LogP contribution < -0.4 is 0 Å². The summed E-state index contributed by atoms with van der Waals surface area (Å²) in [6, 6.07) is 5.24. The summed E-state index contributed by atoms with van der Waals surface area (Å²) >= 11 is 0. The fourth-order valence-corrected chi connectivity index (χ4v) is 1.54. The molecule has 0 unspecified atom stereocenters. The zero-order valence-corrected chi connectivity index (χ0v) is 8.88. The van der Waals surface area contributed by atoms with Crippen molar-refractivity contribution >= 4 is 12.1 Å². The Morgan fingerprint density at radius 1 is 1.29 bits per heavy atom. The summed E-state index contributed by atoms with van der Waals surface area (Å²) in [4.78, 5) is 22.4. The maximum Gasteiger partial charge on any atom is 0.510 e. The largest absolute Gasteiger partial charge is 0.510 e. The molecule has 0 N–H and O–H groups in total. The van der Waals surface area contributed by atoms with Gasteiger partial charge in [-0.05, 0) is 17.7 Å². The molecule has 1 heterocycles. The highest BCUT2D eigenvalue weighted by atomic mass is 19.1. The predicted octanol–water partition coefficient (Wildman–Crippen LogP) is 1.58. The molecule has 0 saturated carbocycles. The van der Waals surface area contributed by atoms with Gasteiger partial charge in [-0.15, -0.1) is 0 Å². The van der Waals surface area contributed by atoms with E-state index in [1.54, 1.807) is 0 Å². The lowest BCUT2D eigenvalue weighted by molar-refractivity contribution is -0.150. The lowest BCUT2D eigenvalue weighted by Crippen LogP contribution is -2.27. The van der Waals surface area contributed by atoms with E-state index in [1.165, 1.54) is 31.4 Å². The quantitative estimate of drug-likeness (QED) is 0.734. The topological polar surface area (TPSA) is 61.8 Å². The Morgan fingerprint density at radius 2 is 1.94 bits per heavy atom. The van der Waals surface area contributed by atoms with Gasteiger partial charge in [-0.3, -0.25) is 0 Å². The van der Waals surface area contributed by atoms with Crippen LogP contribution in [-0.4, -0.2) is 25.3 Å². The number of ether oxygens (including phenoxy) is 3. The van der Waals surface area contributed by atoms with Crippen molar-refractivity contribution in [3.63, 3.8) is 0 Å². The number of methoxy groups -OCH3 is 1. The number of benzene rings is 1. The van der Waals surface area contributed by atoms with E-state index >= 15 is 0 Å². The van der Waals surface area contributed by atoms with Crippen molar-refractivity contribution in [2.45, 2.75) is 12.2 Å². The van der Waals surface area contributed by atoms with Crippen LogP contribution in [0.3, 0.4) is 0 Å². The van der Waals surface area contributed by atoms with Gasteiger partial charge in [0.05, 0.1) is 7.11 Å². The standard InChI is InChI=1S/C11H9FO5/c1-15-10(13)9-8(16-11(14)17-9)6-2-4-7(12)5-3-6/h2-5,8-9H,1H3/t8-,9+/m0/s1. The number of halogens is 1. The first-order valence-corrected chi connectivity index (χ1v) is 4.82. The molecule has 0 radical (unpaired) electrons. The van der Waals surface area contributed by atoms with Crippen molar-refractivity contribution in [3.8, 4) is 0 Å². The van der Waals surface area contributed by atoms with Gasteiger partial charge in [0.25, 0.3) is 0 Å². The van der Waals surface area contributed by atoms with E-state index in [2.05, 4.69) is 9.47 Å². The van der Waals surface area contributed by atoms with Crippen molar-refractivity contribution in [2.75, 3.05) is 7.11 Å². The minimum atomic E-state index is -1.15. The lowest BCUT2D eigenvalue weighted by atomic mass is 10.0. The van der Waals surface area contributed by atoms with Gasteiger partial charge in [0, 0.05) is 0 Å². The summed E-state index contributed by atoms with van der Waals surface area (Å²) in [7, 11) is 1.18. The molecule has 6 heteroatoms. The number of esters is 1. The van der Waals surface area contributed by atoms with Crippen LogP contribution in [0.1, 0.15) is 11.7 Å². The van der Waals surface area contributed by atoms with E-state index in [0.29, 0.717) is 5.56 Å². The number of rotatable bonds is 2. The second-order valence-corrected chi connectivity index (χ2v) is 3.40. The monoisotopic (exact) mass is 240 g/mol. The average Bonchev–Trinajstić information content (AvgIpc) is 2.71. The molecule has 1 aromatic rings. The molecule has 0 bridgehead atoms. The number of cyclic esters (lactones) is 2. The fourth-order valence-electron chi connectivity index (χ4n) is 1.54. The number of hydrogen-bond donors (Lipinski definition) is 0. The zero-order chi connectivity index (χ0) is 12.4. The summed E-state index contributed by atoms with van der Waals surface area (Å²) in [6.45, 7) is 0. The van der Waals surface area contributed by atoms with Gasteiger partial charge in [-0.25, -0.2) is 14.0 Å². The second kappa shape index (κ2) is 4.40. The first-order chi connectivity index (χ1) is 8.11. The minimum Gasteiger partial charge on any atom is -0.466 e. The second-order valence-electron chi connectivity index (χ2n) is 3.40. The highest BCUT2D eigenvalue weighted by molar-refractivity contribution is 5.80. The van der Waals surface area contributed by atoms with E-state index < -0.39 is 30.1 Å². The van der Waals surface area contributed by atoms with Gasteiger partial charge in [0.1, 0.15) is 5.82 Å². The van der Waals surface area contributed by atoms with Crippen LogP contribution in [0, 0.1) is 5.82 Å². The van der Waals surface area contributed by atoms with Crippen LogP contribution in [-0.2, 0) is 19.0 Å². The Balaban J connectivity index is 2.26. The predicted molar refractivity (Wildman–Crippen MR) is 52.5 cm³/mol. The third kappa shape index (κ3) is 2.20. The molecule has 0 amide bonds. The Bertz CT molecular complexity index is 442. The summed E-state index contributed by atoms with van der Waals surface area (Å²) in [6.07, 6.45) is -3.01. The van der Waals surface area contributed by atoms with E-state index in [1.807, 2.05) is 0 Å². The molecular formula is C11H9FO5. The van der Waals surface area contributed by atoms with Gasteiger partial charge in [0.2, 0.25) is 6.10 Å². The molecular weight excluding hydrogens is 231 g/mol. The maximum atomic E-state index is 12.7. The van der Waals surface area contributed by atoms with Crippen LogP contribution in [0.15, 0.2) is 24.3 Å². The Hall–Kier alpha value is -2.11. The van der Waals surface area contributed by atoms with E-state index in [-0.39, 0.29) is 0 Å². The number of carbonyl (C=O) groups excluding carboxylic acids is 2. The summed E-state index contributed by atoms with van der Waals surface area (Å²) in [5, 5.41) is 0. The van der Waals surface area contributed by atoms with Gasteiger partial charge < -0.3 is 14.2 Å². The molecule has 0 aromatic heterocycles. The molecule has 1 aliphatic rings.